The Kier molecular flexibility index (Phi) is 3.09. The zero-order chi connectivity index (χ0) is 9.03. The highest BCUT2D eigenvalue weighted by molar-refractivity contribution is 5.46. The molecule has 1 aliphatic rings. The molecule has 0 aromatic carbocycles. The van der Waals surface area contributed by atoms with Crippen LogP contribution in [0.15, 0.2) is 0 Å². The van der Waals surface area contributed by atoms with Crippen molar-refractivity contribution in [2.45, 2.75) is 38.2 Å². The molecular weight excluding hydrogens is 154 g/mol. The number of carbonyl (C=O) groups excluding carboxylic acids is 1. The molecule has 1 amide bonds. The van der Waals surface area contributed by atoms with E-state index in [0.717, 1.165) is 19.3 Å². The zero-order valence-electron chi connectivity index (χ0n) is 7.55. The van der Waals surface area contributed by atoms with Crippen LogP contribution in [-0.2, 0) is 4.79 Å². The monoisotopic (exact) mass is 171 g/mol. The van der Waals surface area contributed by atoms with Gasteiger partial charge in [-0.05, 0) is 18.8 Å². The molecule has 2 atom stereocenters. The van der Waals surface area contributed by atoms with Crippen molar-refractivity contribution in [2.75, 3.05) is 6.54 Å². The Bertz CT molecular complexity index is 161. The van der Waals surface area contributed by atoms with E-state index in [9.17, 15) is 9.90 Å². The van der Waals surface area contributed by atoms with Gasteiger partial charge in [0.05, 0.1) is 5.60 Å². The van der Waals surface area contributed by atoms with Gasteiger partial charge in [0.25, 0.3) is 0 Å². The van der Waals surface area contributed by atoms with E-state index < -0.39 is 5.60 Å². The lowest BCUT2D eigenvalue weighted by Crippen LogP contribution is -2.43. The standard InChI is InChI=1S/C9H17NO2/c1-8-3-2-4-9(12,5-8)6-10-7-11/h7-8,12H,2-6H2,1H3,(H,10,11). The lowest BCUT2D eigenvalue weighted by Gasteiger charge is -2.35. The second-order valence-corrected chi connectivity index (χ2v) is 3.92. The molecule has 0 spiro atoms. The average molecular weight is 171 g/mol. The van der Waals surface area contributed by atoms with Crippen LogP contribution in [0.1, 0.15) is 32.6 Å². The van der Waals surface area contributed by atoms with Crippen LogP contribution in [0.2, 0.25) is 0 Å². The van der Waals surface area contributed by atoms with Gasteiger partial charge in [0, 0.05) is 6.54 Å². The number of amides is 1. The fourth-order valence-electron chi connectivity index (χ4n) is 2.02. The molecule has 3 nitrogen and oxygen atoms in total. The van der Waals surface area contributed by atoms with E-state index in [4.69, 9.17) is 0 Å². The molecule has 0 bridgehead atoms. The number of hydrogen-bond donors (Lipinski definition) is 2. The molecule has 0 aliphatic heterocycles. The van der Waals surface area contributed by atoms with Gasteiger partial charge in [0.2, 0.25) is 6.41 Å². The third-order valence-electron chi connectivity index (χ3n) is 2.58. The summed E-state index contributed by atoms with van der Waals surface area (Å²) in [6, 6.07) is 0. The second-order valence-electron chi connectivity index (χ2n) is 3.92. The molecule has 0 saturated heterocycles. The summed E-state index contributed by atoms with van der Waals surface area (Å²) in [6.45, 7) is 2.55. The predicted molar refractivity (Wildman–Crippen MR) is 46.6 cm³/mol. The van der Waals surface area contributed by atoms with E-state index in [1.165, 1.54) is 6.42 Å². The van der Waals surface area contributed by atoms with Crippen molar-refractivity contribution in [1.82, 2.24) is 5.32 Å². The van der Waals surface area contributed by atoms with Crippen molar-refractivity contribution < 1.29 is 9.90 Å². The Balaban J connectivity index is 2.39. The average Bonchev–Trinajstić information content (AvgIpc) is 2.01. The SMILES string of the molecule is CC1CCCC(O)(CNC=O)C1. The minimum absolute atomic E-state index is 0.404. The van der Waals surface area contributed by atoms with Crippen LogP contribution in [0.3, 0.4) is 0 Å². The topological polar surface area (TPSA) is 49.3 Å². The first-order valence-corrected chi connectivity index (χ1v) is 4.56. The van der Waals surface area contributed by atoms with Crippen LogP contribution >= 0.6 is 0 Å². The predicted octanol–water partition coefficient (Wildman–Crippen LogP) is 0.674. The molecule has 70 valence electrons. The molecule has 1 fully saturated rings. The maximum absolute atomic E-state index is 10.0. The van der Waals surface area contributed by atoms with Gasteiger partial charge in [0.1, 0.15) is 0 Å². The molecule has 0 radical (unpaired) electrons. The molecule has 0 heterocycles. The van der Waals surface area contributed by atoms with Gasteiger partial charge in [-0.15, -0.1) is 0 Å². The van der Waals surface area contributed by atoms with Crippen LogP contribution in [0.5, 0.6) is 0 Å². The molecule has 2 unspecified atom stereocenters. The third kappa shape index (κ3) is 2.48. The lowest BCUT2D eigenvalue weighted by atomic mass is 9.79. The van der Waals surface area contributed by atoms with Gasteiger partial charge >= 0.3 is 0 Å². The number of hydrogen-bond acceptors (Lipinski definition) is 2. The number of nitrogens with one attached hydrogen (secondary N) is 1. The van der Waals surface area contributed by atoms with Gasteiger partial charge in [-0.1, -0.05) is 19.8 Å². The molecular formula is C9H17NO2. The first kappa shape index (κ1) is 9.52. The summed E-state index contributed by atoms with van der Waals surface area (Å²) in [5.74, 6) is 0.581. The zero-order valence-corrected chi connectivity index (χ0v) is 7.55. The molecule has 1 rings (SSSR count). The van der Waals surface area contributed by atoms with Crippen molar-refractivity contribution >= 4 is 6.41 Å². The minimum Gasteiger partial charge on any atom is -0.388 e. The van der Waals surface area contributed by atoms with Crippen molar-refractivity contribution in [3.8, 4) is 0 Å². The number of carbonyl (C=O) groups is 1. The highest BCUT2D eigenvalue weighted by atomic mass is 16.3. The summed E-state index contributed by atoms with van der Waals surface area (Å²) < 4.78 is 0. The molecule has 3 heteroatoms. The van der Waals surface area contributed by atoms with Gasteiger partial charge in [-0.2, -0.15) is 0 Å². The highest BCUT2D eigenvalue weighted by Crippen LogP contribution is 2.31. The summed E-state index contributed by atoms with van der Waals surface area (Å²) in [5, 5.41) is 12.5. The van der Waals surface area contributed by atoms with Crippen LogP contribution in [0.25, 0.3) is 0 Å². The Labute approximate surface area is 73.2 Å². The molecule has 12 heavy (non-hydrogen) atoms. The van der Waals surface area contributed by atoms with E-state index >= 15 is 0 Å². The van der Waals surface area contributed by atoms with Crippen molar-refractivity contribution in [3.05, 3.63) is 0 Å². The lowest BCUT2D eigenvalue weighted by molar-refractivity contribution is -0.111. The largest absolute Gasteiger partial charge is 0.388 e. The number of rotatable bonds is 3. The van der Waals surface area contributed by atoms with Crippen LogP contribution in [0.4, 0.5) is 0 Å². The Morgan fingerprint density at radius 2 is 2.50 bits per heavy atom. The van der Waals surface area contributed by atoms with Gasteiger partial charge in [0.15, 0.2) is 0 Å². The third-order valence-corrected chi connectivity index (χ3v) is 2.58. The molecule has 1 saturated carbocycles. The minimum atomic E-state index is -0.640. The fourth-order valence-corrected chi connectivity index (χ4v) is 2.02. The summed E-state index contributed by atoms with van der Waals surface area (Å²) in [6.07, 6.45) is 4.55. The fraction of sp³-hybridized carbons (Fsp3) is 0.889. The smallest absolute Gasteiger partial charge is 0.207 e. The van der Waals surface area contributed by atoms with E-state index in [1.807, 2.05) is 0 Å². The first-order valence-electron chi connectivity index (χ1n) is 4.56. The molecule has 1 aliphatic carbocycles. The number of aliphatic hydroxyl groups is 1. The van der Waals surface area contributed by atoms with Crippen LogP contribution in [-0.4, -0.2) is 23.7 Å². The Hall–Kier alpha value is -0.570. The van der Waals surface area contributed by atoms with Crippen molar-refractivity contribution in [3.63, 3.8) is 0 Å². The van der Waals surface area contributed by atoms with Gasteiger partial charge in [-0.25, -0.2) is 0 Å². The Morgan fingerprint density at radius 1 is 1.75 bits per heavy atom. The summed E-state index contributed by atoms with van der Waals surface area (Å²) in [5.41, 5.74) is -0.640. The van der Waals surface area contributed by atoms with E-state index in [-0.39, 0.29) is 0 Å². The van der Waals surface area contributed by atoms with Crippen LogP contribution < -0.4 is 5.32 Å². The van der Waals surface area contributed by atoms with Gasteiger partial charge < -0.3 is 10.4 Å². The maximum atomic E-state index is 10.0. The molecule has 0 aromatic rings. The summed E-state index contributed by atoms with van der Waals surface area (Å²) in [4.78, 5) is 10.0. The maximum Gasteiger partial charge on any atom is 0.207 e. The quantitative estimate of drug-likeness (QED) is 0.613. The van der Waals surface area contributed by atoms with E-state index in [0.29, 0.717) is 18.9 Å². The summed E-state index contributed by atoms with van der Waals surface area (Å²) in [7, 11) is 0. The molecule has 0 aromatic heterocycles. The van der Waals surface area contributed by atoms with E-state index in [1.54, 1.807) is 0 Å². The summed E-state index contributed by atoms with van der Waals surface area (Å²) >= 11 is 0. The van der Waals surface area contributed by atoms with Crippen LogP contribution in [0, 0.1) is 5.92 Å². The van der Waals surface area contributed by atoms with Crippen molar-refractivity contribution in [1.29, 1.82) is 0 Å². The Morgan fingerprint density at radius 3 is 3.08 bits per heavy atom. The highest BCUT2D eigenvalue weighted by Gasteiger charge is 2.31. The molecule has 2 N–H and O–H groups in total. The van der Waals surface area contributed by atoms with Gasteiger partial charge in [-0.3, -0.25) is 4.79 Å². The second kappa shape index (κ2) is 3.90. The van der Waals surface area contributed by atoms with E-state index in [2.05, 4.69) is 12.2 Å². The first-order chi connectivity index (χ1) is 5.66. The van der Waals surface area contributed by atoms with Crippen molar-refractivity contribution in [2.24, 2.45) is 5.92 Å². The normalized spacial score (nSPS) is 36.0.